The van der Waals surface area contributed by atoms with Crippen molar-refractivity contribution in [3.05, 3.63) is 41.5 Å². The Kier molecular flexibility index (Phi) is 5.74. The Hall–Kier alpha value is -2.89. The van der Waals surface area contributed by atoms with Crippen molar-refractivity contribution in [3.8, 4) is 17.2 Å². The topological polar surface area (TPSA) is 60.0 Å². The van der Waals surface area contributed by atoms with E-state index in [0.717, 1.165) is 30.0 Å². The van der Waals surface area contributed by atoms with Gasteiger partial charge in [-0.1, -0.05) is 6.07 Å². The number of ether oxygens (including phenoxy) is 3. The summed E-state index contributed by atoms with van der Waals surface area (Å²) >= 11 is 0. The average molecular weight is 370 g/mol. The molecule has 2 aromatic carbocycles. The molecule has 1 saturated heterocycles. The normalized spacial score (nSPS) is 13.4. The zero-order valence-corrected chi connectivity index (χ0v) is 16.3. The molecule has 0 saturated carbocycles. The first-order valence-corrected chi connectivity index (χ1v) is 9.04. The molecule has 6 nitrogen and oxygen atoms in total. The molecule has 3 rings (SSSR count). The summed E-state index contributed by atoms with van der Waals surface area (Å²) in [4.78, 5) is 15.2. The molecule has 1 fully saturated rings. The van der Waals surface area contributed by atoms with Crippen LogP contribution in [0.3, 0.4) is 0 Å². The fourth-order valence-corrected chi connectivity index (χ4v) is 3.32. The third-order valence-electron chi connectivity index (χ3n) is 4.87. The largest absolute Gasteiger partial charge is 0.493 e. The van der Waals surface area contributed by atoms with Gasteiger partial charge < -0.3 is 24.4 Å². The van der Waals surface area contributed by atoms with Crippen LogP contribution in [0.2, 0.25) is 0 Å². The second-order valence-corrected chi connectivity index (χ2v) is 6.56. The summed E-state index contributed by atoms with van der Waals surface area (Å²) in [5.74, 6) is 1.13. The fourth-order valence-electron chi connectivity index (χ4n) is 3.32. The van der Waals surface area contributed by atoms with Gasteiger partial charge in [-0.3, -0.25) is 4.79 Å². The van der Waals surface area contributed by atoms with Gasteiger partial charge >= 0.3 is 0 Å². The van der Waals surface area contributed by atoms with Gasteiger partial charge in [-0.2, -0.15) is 0 Å². The third-order valence-corrected chi connectivity index (χ3v) is 4.87. The van der Waals surface area contributed by atoms with E-state index < -0.39 is 0 Å². The van der Waals surface area contributed by atoms with E-state index in [9.17, 15) is 4.79 Å². The average Bonchev–Trinajstić information content (AvgIpc) is 3.23. The first-order chi connectivity index (χ1) is 13.1. The molecule has 1 aliphatic rings. The Morgan fingerprint density at radius 1 is 0.963 bits per heavy atom. The van der Waals surface area contributed by atoms with Crippen LogP contribution in [-0.2, 0) is 0 Å². The molecular formula is C21H26N2O4. The number of amides is 1. The SMILES string of the molecule is COc1cc(C(=O)Nc2cc(N3CCCC3)ccc2C)cc(OC)c1OC. The molecule has 1 amide bonds. The highest BCUT2D eigenvalue weighted by molar-refractivity contribution is 6.05. The Morgan fingerprint density at radius 2 is 1.59 bits per heavy atom. The number of anilines is 2. The van der Waals surface area contributed by atoms with E-state index in [2.05, 4.69) is 16.3 Å². The zero-order chi connectivity index (χ0) is 19.4. The molecule has 0 atom stereocenters. The maximum Gasteiger partial charge on any atom is 0.255 e. The molecule has 1 heterocycles. The Balaban J connectivity index is 1.88. The maximum atomic E-state index is 12.9. The molecule has 0 unspecified atom stereocenters. The molecule has 1 aliphatic heterocycles. The van der Waals surface area contributed by atoms with Crippen molar-refractivity contribution in [2.75, 3.05) is 44.6 Å². The van der Waals surface area contributed by atoms with Gasteiger partial charge in [-0.25, -0.2) is 0 Å². The summed E-state index contributed by atoms with van der Waals surface area (Å²) in [6.07, 6.45) is 2.42. The summed E-state index contributed by atoms with van der Waals surface area (Å²) in [6.45, 7) is 4.10. The van der Waals surface area contributed by atoms with Crippen molar-refractivity contribution >= 4 is 17.3 Å². The second kappa shape index (κ2) is 8.20. The fraction of sp³-hybridized carbons (Fsp3) is 0.381. The number of carbonyl (C=O) groups is 1. The molecule has 0 spiro atoms. The summed E-state index contributed by atoms with van der Waals surface area (Å²) < 4.78 is 16.0. The first kappa shape index (κ1) is 18.9. The van der Waals surface area contributed by atoms with Crippen LogP contribution in [-0.4, -0.2) is 40.3 Å². The second-order valence-electron chi connectivity index (χ2n) is 6.56. The van der Waals surface area contributed by atoms with E-state index >= 15 is 0 Å². The van der Waals surface area contributed by atoms with Gasteiger partial charge in [-0.05, 0) is 49.6 Å². The van der Waals surface area contributed by atoms with Gasteiger partial charge in [-0.15, -0.1) is 0 Å². The van der Waals surface area contributed by atoms with Crippen LogP contribution in [0.4, 0.5) is 11.4 Å². The predicted octanol–water partition coefficient (Wildman–Crippen LogP) is 3.87. The van der Waals surface area contributed by atoms with Gasteiger partial charge in [0.2, 0.25) is 5.75 Å². The van der Waals surface area contributed by atoms with Gasteiger partial charge in [0.05, 0.1) is 21.3 Å². The van der Waals surface area contributed by atoms with Crippen molar-refractivity contribution in [2.45, 2.75) is 19.8 Å². The van der Waals surface area contributed by atoms with Crippen LogP contribution in [0.15, 0.2) is 30.3 Å². The summed E-state index contributed by atoms with van der Waals surface area (Å²) in [5, 5.41) is 3.01. The van der Waals surface area contributed by atoms with Crippen LogP contribution in [0.1, 0.15) is 28.8 Å². The highest BCUT2D eigenvalue weighted by atomic mass is 16.5. The van der Waals surface area contributed by atoms with E-state index in [1.807, 2.05) is 19.1 Å². The smallest absolute Gasteiger partial charge is 0.255 e. The summed E-state index contributed by atoms with van der Waals surface area (Å²) in [6, 6.07) is 9.48. The Bertz CT molecular complexity index is 804. The molecule has 0 radical (unpaired) electrons. The quantitative estimate of drug-likeness (QED) is 0.836. The molecule has 27 heavy (non-hydrogen) atoms. The number of benzene rings is 2. The van der Waals surface area contributed by atoms with Crippen LogP contribution in [0, 0.1) is 6.92 Å². The number of nitrogens with one attached hydrogen (secondary N) is 1. The van der Waals surface area contributed by atoms with Crippen LogP contribution < -0.4 is 24.4 Å². The minimum atomic E-state index is -0.226. The lowest BCUT2D eigenvalue weighted by Gasteiger charge is -2.20. The monoisotopic (exact) mass is 370 g/mol. The van der Waals surface area contributed by atoms with Crippen molar-refractivity contribution in [1.82, 2.24) is 0 Å². The number of hydrogen-bond acceptors (Lipinski definition) is 5. The van der Waals surface area contributed by atoms with Gasteiger partial charge in [0.1, 0.15) is 0 Å². The minimum absolute atomic E-state index is 0.226. The lowest BCUT2D eigenvalue weighted by atomic mass is 10.1. The van der Waals surface area contributed by atoms with E-state index in [1.54, 1.807) is 12.1 Å². The first-order valence-electron chi connectivity index (χ1n) is 9.04. The molecule has 6 heteroatoms. The lowest BCUT2D eigenvalue weighted by Crippen LogP contribution is -2.18. The number of carbonyl (C=O) groups excluding carboxylic acids is 1. The van der Waals surface area contributed by atoms with Gasteiger partial charge in [0, 0.05) is 30.0 Å². The minimum Gasteiger partial charge on any atom is -0.493 e. The highest BCUT2D eigenvalue weighted by Crippen LogP contribution is 2.38. The molecular weight excluding hydrogens is 344 g/mol. The molecule has 2 aromatic rings. The predicted molar refractivity (Wildman–Crippen MR) is 107 cm³/mol. The number of nitrogens with zero attached hydrogens (tertiary/aromatic N) is 1. The Labute approximate surface area is 160 Å². The lowest BCUT2D eigenvalue weighted by molar-refractivity contribution is 0.102. The van der Waals surface area contributed by atoms with E-state index in [4.69, 9.17) is 14.2 Å². The Morgan fingerprint density at radius 3 is 2.15 bits per heavy atom. The van der Waals surface area contributed by atoms with Crippen molar-refractivity contribution in [2.24, 2.45) is 0 Å². The molecule has 0 bridgehead atoms. The number of methoxy groups -OCH3 is 3. The van der Waals surface area contributed by atoms with Crippen molar-refractivity contribution in [1.29, 1.82) is 0 Å². The molecule has 0 aliphatic carbocycles. The van der Waals surface area contributed by atoms with Crippen molar-refractivity contribution in [3.63, 3.8) is 0 Å². The van der Waals surface area contributed by atoms with Crippen LogP contribution in [0.5, 0.6) is 17.2 Å². The highest BCUT2D eigenvalue weighted by Gasteiger charge is 2.18. The molecule has 1 N–H and O–H groups in total. The van der Waals surface area contributed by atoms with Gasteiger partial charge in [0.25, 0.3) is 5.91 Å². The number of hydrogen-bond donors (Lipinski definition) is 1. The zero-order valence-electron chi connectivity index (χ0n) is 16.3. The number of rotatable bonds is 6. The number of aryl methyl sites for hydroxylation is 1. The summed E-state index contributed by atoms with van der Waals surface area (Å²) in [7, 11) is 4.60. The third kappa shape index (κ3) is 3.94. The van der Waals surface area contributed by atoms with Crippen LogP contribution in [0.25, 0.3) is 0 Å². The van der Waals surface area contributed by atoms with Crippen LogP contribution >= 0.6 is 0 Å². The molecule has 144 valence electrons. The molecule has 0 aromatic heterocycles. The van der Waals surface area contributed by atoms with E-state index in [-0.39, 0.29) is 5.91 Å². The standard InChI is InChI=1S/C21H26N2O4/c1-14-7-8-16(23-9-5-6-10-23)13-17(14)22-21(24)15-11-18(25-2)20(27-4)19(12-15)26-3/h7-8,11-13H,5-6,9-10H2,1-4H3,(H,22,24). The maximum absolute atomic E-state index is 12.9. The van der Waals surface area contributed by atoms with Crippen molar-refractivity contribution < 1.29 is 19.0 Å². The van der Waals surface area contributed by atoms with E-state index in [0.29, 0.717) is 22.8 Å². The van der Waals surface area contributed by atoms with Gasteiger partial charge in [0.15, 0.2) is 11.5 Å². The summed E-state index contributed by atoms with van der Waals surface area (Å²) in [5.41, 5.74) is 3.39. The van der Waals surface area contributed by atoms with E-state index in [1.165, 1.54) is 34.2 Å².